The van der Waals surface area contributed by atoms with Crippen molar-refractivity contribution in [3.05, 3.63) is 89.8 Å². The molecule has 1 fully saturated rings. The molecule has 6 rings (SSSR count). The maximum absolute atomic E-state index is 11.4. The van der Waals surface area contributed by atoms with Crippen molar-refractivity contribution < 1.29 is 14.4 Å². The second-order valence-corrected chi connectivity index (χ2v) is 9.16. The van der Waals surface area contributed by atoms with Crippen molar-refractivity contribution in [3.63, 3.8) is 0 Å². The van der Waals surface area contributed by atoms with Crippen LogP contribution in [0.2, 0.25) is 0 Å². The molecule has 1 aliphatic carbocycles. The molecule has 7 nitrogen and oxygen atoms in total. The van der Waals surface area contributed by atoms with Gasteiger partial charge >= 0.3 is 5.97 Å². The van der Waals surface area contributed by atoms with Crippen molar-refractivity contribution in [1.29, 1.82) is 0 Å². The number of aromatic carboxylic acids is 1. The highest BCUT2D eigenvalue weighted by atomic mass is 16.5. The van der Waals surface area contributed by atoms with Crippen LogP contribution in [-0.4, -0.2) is 30.8 Å². The van der Waals surface area contributed by atoms with Crippen molar-refractivity contribution in [1.82, 2.24) is 19.7 Å². The average molecular weight is 465 g/mol. The fraction of sp³-hybridized carbons (Fsp3) is 0.214. The van der Waals surface area contributed by atoms with Crippen molar-refractivity contribution >= 4 is 17.0 Å². The summed E-state index contributed by atoms with van der Waals surface area (Å²) in [7, 11) is 0. The largest absolute Gasteiger partial charge is 0.478 e. The molecule has 1 aliphatic rings. The Hall–Kier alpha value is -4.26. The van der Waals surface area contributed by atoms with Gasteiger partial charge in [-0.05, 0) is 68.5 Å². The number of pyridine rings is 2. The molecule has 1 N–H and O–H groups in total. The van der Waals surface area contributed by atoms with Gasteiger partial charge in [-0.1, -0.05) is 23.4 Å². The first-order chi connectivity index (χ1) is 17.0. The summed E-state index contributed by atoms with van der Waals surface area (Å²) in [5, 5.41) is 13.4. The van der Waals surface area contributed by atoms with E-state index >= 15 is 0 Å². The summed E-state index contributed by atoms with van der Waals surface area (Å²) in [4.78, 5) is 21.0. The predicted molar refractivity (Wildman–Crippen MR) is 132 cm³/mol. The van der Waals surface area contributed by atoms with Crippen molar-refractivity contribution in [3.8, 4) is 22.3 Å². The molecular formula is C28H24N4O3. The zero-order valence-electron chi connectivity index (χ0n) is 19.5. The number of fused-ring (bicyclic) bond motifs is 1. The topological polar surface area (TPSA) is 94.0 Å². The Labute approximate surface area is 202 Å². The first kappa shape index (κ1) is 21.3. The van der Waals surface area contributed by atoms with Crippen LogP contribution in [0.15, 0.2) is 71.6 Å². The zero-order chi connectivity index (χ0) is 24.1. The SMILES string of the molecule is Cc1noc(C)c1-c1cnc2c(-c3ccc(C(=O)O)cc3)cn([C@@H](c3ccccn3)C3CC3)c2c1. The molecule has 5 aromatic rings. The monoisotopic (exact) mass is 464 g/mol. The number of hydrogen-bond acceptors (Lipinski definition) is 5. The second-order valence-electron chi connectivity index (χ2n) is 9.16. The summed E-state index contributed by atoms with van der Waals surface area (Å²) in [5.41, 5.74) is 7.78. The lowest BCUT2D eigenvalue weighted by molar-refractivity contribution is 0.0697. The summed E-state index contributed by atoms with van der Waals surface area (Å²) < 4.78 is 7.72. The number of carboxylic acids is 1. The third-order valence-corrected chi connectivity index (χ3v) is 6.79. The fourth-order valence-corrected chi connectivity index (χ4v) is 4.97. The third-order valence-electron chi connectivity index (χ3n) is 6.79. The van der Waals surface area contributed by atoms with Gasteiger partial charge in [0.15, 0.2) is 0 Å². The van der Waals surface area contributed by atoms with E-state index in [9.17, 15) is 9.90 Å². The smallest absolute Gasteiger partial charge is 0.335 e. The molecule has 1 saturated carbocycles. The number of nitrogens with zero attached hydrogens (tertiary/aromatic N) is 4. The molecule has 4 heterocycles. The molecule has 0 unspecified atom stereocenters. The summed E-state index contributed by atoms with van der Waals surface area (Å²) >= 11 is 0. The Morgan fingerprint density at radius 1 is 1.09 bits per heavy atom. The second kappa shape index (κ2) is 8.20. The fourth-order valence-electron chi connectivity index (χ4n) is 4.97. The molecule has 174 valence electrons. The van der Waals surface area contributed by atoms with Crippen LogP contribution in [0.1, 0.15) is 46.4 Å². The number of hydrogen-bond donors (Lipinski definition) is 1. The van der Waals surface area contributed by atoms with Gasteiger partial charge in [-0.15, -0.1) is 0 Å². The van der Waals surface area contributed by atoms with E-state index < -0.39 is 5.97 Å². The summed E-state index contributed by atoms with van der Waals surface area (Å²) in [6.07, 6.45) is 8.15. The van der Waals surface area contributed by atoms with Crippen LogP contribution < -0.4 is 0 Å². The Morgan fingerprint density at radius 2 is 1.89 bits per heavy atom. The van der Waals surface area contributed by atoms with Gasteiger partial charge in [0.05, 0.1) is 34.0 Å². The minimum Gasteiger partial charge on any atom is -0.478 e. The maximum atomic E-state index is 11.4. The van der Waals surface area contributed by atoms with Gasteiger partial charge in [0.1, 0.15) is 5.76 Å². The standard InChI is InChI=1S/C28H24N4O3/c1-16-25(17(2)35-31-16)21-13-24-26(30-14-21)22(18-6-10-20(11-7-18)28(33)34)15-32(24)27(19-8-9-19)23-5-3-4-12-29-23/h3-7,10-15,19,27H,8-9H2,1-2H3,(H,33,34)/t27-/m1/s1. The summed E-state index contributed by atoms with van der Waals surface area (Å²) in [6, 6.07) is 15.3. The van der Waals surface area contributed by atoms with Crippen molar-refractivity contribution in [2.45, 2.75) is 32.7 Å². The lowest BCUT2D eigenvalue weighted by Gasteiger charge is -2.19. The molecule has 0 saturated heterocycles. The molecule has 4 aromatic heterocycles. The van der Waals surface area contributed by atoms with Gasteiger partial charge in [-0.25, -0.2) is 4.79 Å². The van der Waals surface area contributed by atoms with Crippen LogP contribution in [0.3, 0.4) is 0 Å². The first-order valence-electron chi connectivity index (χ1n) is 11.7. The first-order valence-corrected chi connectivity index (χ1v) is 11.7. The number of rotatable bonds is 6. The van der Waals surface area contributed by atoms with Crippen LogP contribution >= 0.6 is 0 Å². The normalized spacial score (nSPS) is 14.3. The van der Waals surface area contributed by atoms with Crippen LogP contribution in [0.5, 0.6) is 0 Å². The number of aryl methyl sites for hydroxylation is 2. The molecule has 1 aromatic carbocycles. The minimum absolute atomic E-state index is 0.0902. The van der Waals surface area contributed by atoms with Gasteiger partial charge in [0.25, 0.3) is 0 Å². The van der Waals surface area contributed by atoms with E-state index in [4.69, 9.17) is 14.5 Å². The molecule has 0 amide bonds. The highest BCUT2D eigenvalue weighted by molar-refractivity contribution is 5.96. The van der Waals surface area contributed by atoms with Crippen LogP contribution in [0, 0.1) is 19.8 Å². The molecule has 0 spiro atoms. The van der Waals surface area contributed by atoms with Crippen molar-refractivity contribution in [2.24, 2.45) is 5.92 Å². The van der Waals surface area contributed by atoms with E-state index in [-0.39, 0.29) is 11.6 Å². The summed E-state index contributed by atoms with van der Waals surface area (Å²) in [6.45, 7) is 3.85. The van der Waals surface area contributed by atoms with Crippen LogP contribution in [0.25, 0.3) is 33.3 Å². The van der Waals surface area contributed by atoms with Crippen LogP contribution in [0.4, 0.5) is 0 Å². The molecule has 0 radical (unpaired) electrons. The van der Waals surface area contributed by atoms with E-state index in [0.717, 1.165) is 63.3 Å². The molecular weight excluding hydrogens is 440 g/mol. The van der Waals surface area contributed by atoms with Gasteiger partial charge in [-0.3, -0.25) is 9.97 Å². The minimum atomic E-state index is -0.940. The number of carbonyl (C=O) groups is 1. The predicted octanol–water partition coefficient (Wildman–Crippen LogP) is 6.07. The van der Waals surface area contributed by atoms with E-state index in [2.05, 4.69) is 28.1 Å². The Balaban J connectivity index is 1.58. The highest BCUT2D eigenvalue weighted by Crippen LogP contribution is 2.46. The number of carboxylic acid groups (broad SMARTS) is 1. The summed E-state index contributed by atoms with van der Waals surface area (Å²) in [5.74, 6) is 0.324. The zero-order valence-corrected chi connectivity index (χ0v) is 19.5. The number of benzene rings is 1. The lowest BCUT2D eigenvalue weighted by atomic mass is 10.0. The van der Waals surface area contributed by atoms with Crippen molar-refractivity contribution in [2.75, 3.05) is 0 Å². The van der Waals surface area contributed by atoms with Gasteiger partial charge in [0, 0.05) is 35.3 Å². The maximum Gasteiger partial charge on any atom is 0.335 e. The van der Waals surface area contributed by atoms with Gasteiger partial charge < -0.3 is 14.2 Å². The third kappa shape index (κ3) is 3.69. The quantitative estimate of drug-likeness (QED) is 0.328. The average Bonchev–Trinajstić information content (AvgIpc) is 3.56. The van der Waals surface area contributed by atoms with E-state index in [1.807, 2.05) is 50.5 Å². The van der Waals surface area contributed by atoms with E-state index in [1.54, 1.807) is 12.1 Å². The van der Waals surface area contributed by atoms with Gasteiger partial charge in [-0.2, -0.15) is 0 Å². The molecule has 35 heavy (non-hydrogen) atoms. The Bertz CT molecular complexity index is 1530. The Kier molecular flexibility index (Phi) is 4.99. The lowest BCUT2D eigenvalue weighted by Crippen LogP contribution is -2.13. The molecule has 0 aliphatic heterocycles. The Morgan fingerprint density at radius 3 is 2.51 bits per heavy atom. The molecule has 0 bridgehead atoms. The highest BCUT2D eigenvalue weighted by Gasteiger charge is 2.35. The molecule has 1 atom stereocenters. The molecule has 7 heteroatoms. The van der Waals surface area contributed by atoms with Crippen LogP contribution in [-0.2, 0) is 0 Å². The van der Waals surface area contributed by atoms with Gasteiger partial charge in [0.2, 0.25) is 0 Å². The number of aromatic nitrogens is 4. The van der Waals surface area contributed by atoms with E-state index in [1.165, 1.54) is 0 Å². The van der Waals surface area contributed by atoms with E-state index in [0.29, 0.717) is 5.92 Å².